The first kappa shape index (κ1) is 12.3. The lowest BCUT2D eigenvalue weighted by atomic mass is 10.0. The molecule has 5 nitrogen and oxygen atoms in total. The molecule has 0 saturated carbocycles. The normalized spacial score (nSPS) is 14.1. The Balaban J connectivity index is 2.19. The maximum atomic E-state index is 10.8. The third-order valence-corrected chi connectivity index (χ3v) is 3.68. The zero-order valence-electron chi connectivity index (χ0n) is 9.50. The number of nitrogens with one attached hydrogen (secondary N) is 1. The highest BCUT2D eigenvalue weighted by Crippen LogP contribution is 2.38. The van der Waals surface area contributed by atoms with Crippen molar-refractivity contribution in [2.75, 3.05) is 6.16 Å². The molecule has 1 aromatic heterocycles. The number of aromatic nitrogens is 2. The van der Waals surface area contributed by atoms with Gasteiger partial charge in [0.05, 0.1) is 11.7 Å². The van der Waals surface area contributed by atoms with E-state index in [9.17, 15) is 4.57 Å². The molecule has 0 spiro atoms. The highest BCUT2D eigenvalue weighted by Gasteiger charge is 2.18. The molecular weight excluding hydrogens is 239 g/mol. The van der Waals surface area contributed by atoms with E-state index >= 15 is 0 Å². The zero-order valence-corrected chi connectivity index (χ0v) is 10.4. The van der Waals surface area contributed by atoms with E-state index in [2.05, 4.69) is 10.2 Å². The molecule has 2 rings (SSSR count). The van der Waals surface area contributed by atoms with Crippen LogP contribution in [0.25, 0.3) is 10.9 Å². The molecule has 6 heteroatoms. The van der Waals surface area contributed by atoms with Gasteiger partial charge < -0.3 is 9.79 Å². The molecule has 17 heavy (non-hydrogen) atoms. The molecule has 0 saturated heterocycles. The fourth-order valence-corrected chi connectivity index (χ4v) is 2.59. The van der Waals surface area contributed by atoms with Crippen molar-refractivity contribution in [2.24, 2.45) is 0 Å². The molecule has 1 heterocycles. The Bertz CT molecular complexity index is 561. The van der Waals surface area contributed by atoms with Gasteiger partial charge in [0, 0.05) is 11.1 Å². The first-order valence-electron chi connectivity index (χ1n) is 5.45. The number of hydrogen-bond donors (Lipinski definition) is 3. The van der Waals surface area contributed by atoms with Gasteiger partial charge >= 0.3 is 7.60 Å². The lowest BCUT2D eigenvalue weighted by molar-refractivity contribution is 0.370. The highest BCUT2D eigenvalue weighted by molar-refractivity contribution is 7.51. The number of benzene rings is 1. The van der Waals surface area contributed by atoms with E-state index < -0.39 is 7.60 Å². The summed E-state index contributed by atoms with van der Waals surface area (Å²) >= 11 is 0. The molecule has 2 aromatic rings. The van der Waals surface area contributed by atoms with Gasteiger partial charge in [0.15, 0.2) is 0 Å². The molecule has 0 aliphatic carbocycles. The van der Waals surface area contributed by atoms with Gasteiger partial charge in [0.1, 0.15) is 0 Å². The Morgan fingerprint density at radius 2 is 2.12 bits per heavy atom. The smallest absolute Gasteiger partial charge is 0.324 e. The fourth-order valence-electron chi connectivity index (χ4n) is 1.86. The molecule has 3 N–H and O–H groups in total. The van der Waals surface area contributed by atoms with Crippen LogP contribution in [0.3, 0.4) is 0 Å². The Morgan fingerprint density at radius 3 is 2.82 bits per heavy atom. The van der Waals surface area contributed by atoms with Crippen molar-refractivity contribution < 1.29 is 14.4 Å². The first-order chi connectivity index (χ1) is 7.97. The second-order valence-corrected chi connectivity index (χ2v) is 6.01. The molecule has 0 radical (unpaired) electrons. The Kier molecular flexibility index (Phi) is 3.33. The van der Waals surface area contributed by atoms with E-state index in [-0.39, 0.29) is 12.1 Å². The third-order valence-electron chi connectivity index (χ3n) is 2.84. The predicted molar refractivity (Wildman–Crippen MR) is 66.0 cm³/mol. The first-order valence-corrected chi connectivity index (χ1v) is 7.25. The number of rotatable bonds is 4. The van der Waals surface area contributed by atoms with Crippen molar-refractivity contribution in [3.05, 3.63) is 30.0 Å². The zero-order chi connectivity index (χ0) is 12.5. The SMILES string of the molecule is CC(CCP(=O)(O)O)c1[nH]nc2ccccc12. The minimum atomic E-state index is -3.92. The monoisotopic (exact) mass is 254 g/mol. The van der Waals surface area contributed by atoms with Gasteiger partial charge in [-0.1, -0.05) is 25.1 Å². The summed E-state index contributed by atoms with van der Waals surface area (Å²) in [6.45, 7) is 1.94. The van der Waals surface area contributed by atoms with Gasteiger partial charge in [-0.15, -0.1) is 0 Å². The van der Waals surface area contributed by atoms with Crippen LogP contribution in [0.15, 0.2) is 24.3 Å². The molecule has 0 aliphatic rings. The largest absolute Gasteiger partial charge is 0.325 e. The van der Waals surface area contributed by atoms with E-state index in [4.69, 9.17) is 9.79 Å². The van der Waals surface area contributed by atoms with Gasteiger partial charge in [0.2, 0.25) is 0 Å². The number of H-pyrrole nitrogens is 1. The Morgan fingerprint density at radius 1 is 1.41 bits per heavy atom. The van der Waals surface area contributed by atoms with Crippen molar-refractivity contribution >= 4 is 18.5 Å². The summed E-state index contributed by atoms with van der Waals surface area (Å²) in [5.74, 6) is 0.0509. The molecular formula is C11H15N2O3P. The Labute approximate surface area is 99.0 Å². The van der Waals surface area contributed by atoms with Crippen LogP contribution < -0.4 is 0 Å². The van der Waals surface area contributed by atoms with Gasteiger partial charge in [-0.05, 0) is 18.4 Å². The number of hydrogen-bond acceptors (Lipinski definition) is 2. The number of aromatic amines is 1. The van der Waals surface area contributed by atoms with Crippen LogP contribution in [0.4, 0.5) is 0 Å². The maximum absolute atomic E-state index is 10.8. The quantitative estimate of drug-likeness (QED) is 0.730. The Hall–Kier alpha value is -1.16. The summed E-state index contributed by atoms with van der Waals surface area (Å²) in [6, 6.07) is 7.71. The minimum absolute atomic E-state index is 0.0509. The van der Waals surface area contributed by atoms with E-state index in [1.165, 1.54) is 0 Å². The summed E-state index contributed by atoms with van der Waals surface area (Å²) in [6.07, 6.45) is 0.345. The van der Waals surface area contributed by atoms with Crippen molar-refractivity contribution in [3.8, 4) is 0 Å². The lowest BCUT2D eigenvalue weighted by Gasteiger charge is -2.10. The van der Waals surface area contributed by atoms with Crippen LogP contribution in [0.2, 0.25) is 0 Å². The van der Waals surface area contributed by atoms with Gasteiger partial charge in [-0.2, -0.15) is 5.10 Å². The van der Waals surface area contributed by atoms with E-state index in [0.29, 0.717) is 6.42 Å². The number of nitrogens with zero attached hydrogens (tertiary/aromatic N) is 1. The van der Waals surface area contributed by atoms with E-state index in [0.717, 1.165) is 16.6 Å². The maximum Gasteiger partial charge on any atom is 0.325 e. The predicted octanol–water partition coefficient (Wildman–Crippen LogP) is 2.23. The highest BCUT2D eigenvalue weighted by atomic mass is 31.2. The third kappa shape index (κ3) is 2.94. The summed E-state index contributed by atoms with van der Waals surface area (Å²) in [5.41, 5.74) is 1.82. The average Bonchev–Trinajstić information content (AvgIpc) is 2.68. The molecule has 0 aliphatic heterocycles. The van der Waals surface area contributed by atoms with Crippen LogP contribution in [0.5, 0.6) is 0 Å². The van der Waals surface area contributed by atoms with Crippen LogP contribution >= 0.6 is 7.60 Å². The number of fused-ring (bicyclic) bond motifs is 1. The van der Waals surface area contributed by atoms with E-state index in [1.54, 1.807) is 0 Å². The summed E-state index contributed by atoms with van der Waals surface area (Å²) in [7, 11) is -3.92. The van der Waals surface area contributed by atoms with Gasteiger partial charge in [0.25, 0.3) is 0 Å². The second-order valence-electron chi connectivity index (χ2n) is 4.23. The second kappa shape index (κ2) is 4.61. The van der Waals surface area contributed by atoms with Crippen LogP contribution in [-0.4, -0.2) is 26.1 Å². The molecule has 1 unspecified atom stereocenters. The van der Waals surface area contributed by atoms with Crippen LogP contribution in [0.1, 0.15) is 25.0 Å². The van der Waals surface area contributed by atoms with E-state index in [1.807, 2.05) is 31.2 Å². The molecule has 0 amide bonds. The average molecular weight is 254 g/mol. The molecule has 1 aromatic carbocycles. The minimum Gasteiger partial charge on any atom is -0.324 e. The molecule has 1 atom stereocenters. The van der Waals surface area contributed by atoms with Crippen molar-refractivity contribution in [3.63, 3.8) is 0 Å². The standard InChI is InChI=1S/C11H15N2O3P/c1-8(6-7-17(14,15)16)11-9-4-2-3-5-10(9)12-13-11/h2-5,8H,6-7H2,1H3,(H,12,13)(H2,14,15,16). The lowest BCUT2D eigenvalue weighted by Crippen LogP contribution is -1.99. The fraction of sp³-hybridized carbons (Fsp3) is 0.364. The molecule has 0 fully saturated rings. The van der Waals surface area contributed by atoms with Gasteiger partial charge in [-0.25, -0.2) is 0 Å². The van der Waals surface area contributed by atoms with Gasteiger partial charge in [-0.3, -0.25) is 9.66 Å². The van der Waals surface area contributed by atoms with Crippen LogP contribution in [-0.2, 0) is 4.57 Å². The summed E-state index contributed by atoms with van der Waals surface area (Å²) < 4.78 is 10.8. The van der Waals surface area contributed by atoms with Crippen molar-refractivity contribution in [1.29, 1.82) is 0 Å². The number of para-hydroxylation sites is 1. The molecule has 92 valence electrons. The topological polar surface area (TPSA) is 86.2 Å². The summed E-state index contributed by atoms with van der Waals surface area (Å²) in [5, 5.41) is 8.13. The van der Waals surface area contributed by atoms with Crippen molar-refractivity contribution in [1.82, 2.24) is 10.2 Å². The van der Waals surface area contributed by atoms with Crippen molar-refractivity contribution in [2.45, 2.75) is 19.3 Å². The molecule has 0 bridgehead atoms. The summed E-state index contributed by atoms with van der Waals surface area (Å²) in [4.78, 5) is 17.7. The van der Waals surface area contributed by atoms with Crippen LogP contribution in [0, 0.1) is 0 Å².